The van der Waals surface area contributed by atoms with E-state index in [0.29, 0.717) is 36.4 Å². The fourth-order valence-electron chi connectivity index (χ4n) is 3.76. The summed E-state index contributed by atoms with van der Waals surface area (Å²) in [7, 11) is 1.61. The highest BCUT2D eigenvalue weighted by atomic mass is 16.5. The molecule has 6 nitrogen and oxygen atoms in total. The van der Waals surface area contributed by atoms with Crippen molar-refractivity contribution in [2.24, 2.45) is 0 Å². The lowest BCUT2D eigenvalue weighted by molar-refractivity contribution is 0.0639. The second kappa shape index (κ2) is 9.58. The lowest BCUT2D eigenvalue weighted by atomic mass is 10.1. The van der Waals surface area contributed by atoms with Crippen LogP contribution in [0.3, 0.4) is 0 Å². The van der Waals surface area contributed by atoms with E-state index in [9.17, 15) is 14.4 Å². The van der Waals surface area contributed by atoms with E-state index in [4.69, 9.17) is 4.74 Å². The lowest BCUT2D eigenvalue weighted by Gasteiger charge is -2.23. The molecule has 162 valence electrons. The molecule has 0 radical (unpaired) electrons. The number of imide groups is 1. The maximum atomic E-state index is 13.1. The SMILES string of the molecule is COCCN(Cc1ccccc1)C(=O)c1ccc(CN2C(=O)c3ccccc3C2=O)cc1. The van der Waals surface area contributed by atoms with Gasteiger partial charge in [0.15, 0.2) is 0 Å². The van der Waals surface area contributed by atoms with Crippen LogP contribution in [0.4, 0.5) is 0 Å². The van der Waals surface area contributed by atoms with Gasteiger partial charge in [-0.3, -0.25) is 19.3 Å². The fraction of sp³-hybridized carbons (Fsp3) is 0.192. The van der Waals surface area contributed by atoms with Crippen molar-refractivity contribution in [3.05, 3.63) is 107 Å². The molecule has 1 aliphatic heterocycles. The molecule has 3 aromatic rings. The summed E-state index contributed by atoms with van der Waals surface area (Å²) >= 11 is 0. The minimum atomic E-state index is -0.292. The van der Waals surface area contributed by atoms with Crippen LogP contribution >= 0.6 is 0 Å². The highest BCUT2D eigenvalue weighted by Gasteiger charge is 2.34. The molecule has 32 heavy (non-hydrogen) atoms. The van der Waals surface area contributed by atoms with Gasteiger partial charge in [-0.15, -0.1) is 0 Å². The molecule has 0 N–H and O–H groups in total. The molecule has 1 aliphatic rings. The molecule has 0 fully saturated rings. The first-order valence-electron chi connectivity index (χ1n) is 10.4. The Hall–Kier alpha value is -3.77. The molecule has 0 unspecified atom stereocenters. The summed E-state index contributed by atoms with van der Waals surface area (Å²) in [6.45, 7) is 1.56. The highest BCUT2D eigenvalue weighted by molar-refractivity contribution is 6.21. The fourth-order valence-corrected chi connectivity index (χ4v) is 3.76. The van der Waals surface area contributed by atoms with E-state index in [1.54, 1.807) is 60.5 Å². The summed E-state index contributed by atoms with van der Waals surface area (Å²) in [5.74, 6) is -0.683. The summed E-state index contributed by atoms with van der Waals surface area (Å²) in [4.78, 5) is 41.3. The number of hydrogen-bond acceptors (Lipinski definition) is 4. The molecular weight excluding hydrogens is 404 g/mol. The molecule has 3 aromatic carbocycles. The molecule has 0 aliphatic carbocycles. The minimum Gasteiger partial charge on any atom is -0.383 e. The summed E-state index contributed by atoms with van der Waals surface area (Å²) in [6.07, 6.45) is 0. The zero-order valence-corrected chi connectivity index (χ0v) is 17.9. The molecule has 6 heteroatoms. The van der Waals surface area contributed by atoms with Crippen LogP contribution in [0, 0.1) is 0 Å². The van der Waals surface area contributed by atoms with Gasteiger partial charge in [0.2, 0.25) is 0 Å². The standard InChI is InChI=1S/C26H24N2O4/c1-32-16-15-27(17-19-7-3-2-4-8-19)24(29)21-13-11-20(12-14-21)18-28-25(30)22-9-5-6-10-23(22)26(28)31/h2-14H,15-18H2,1H3. The molecule has 3 amide bonds. The summed E-state index contributed by atoms with van der Waals surface area (Å²) in [6, 6.07) is 23.7. The van der Waals surface area contributed by atoms with E-state index >= 15 is 0 Å². The van der Waals surface area contributed by atoms with Gasteiger partial charge in [0.1, 0.15) is 0 Å². The number of benzene rings is 3. The van der Waals surface area contributed by atoms with Crippen LogP contribution in [0.5, 0.6) is 0 Å². The molecule has 0 aromatic heterocycles. The average Bonchev–Trinajstić information content (AvgIpc) is 3.07. The first kappa shape index (κ1) is 21.5. The van der Waals surface area contributed by atoms with E-state index in [1.165, 1.54) is 4.90 Å². The van der Waals surface area contributed by atoms with Crippen LogP contribution < -0.4 is 0 Å². The number of nitrogens with zero attached hydrogens (tertiary/aromatic N) is 2. The maximum absolute atomic E-state index is 13.1. The molecule has 1 heterocycles. The molecule has 0 spiro atoms. The van der Waals surface area contributed by atoms with E-state index in [1.807, 2.05) is 30.3 Å². The molecular formula is C26H24N2O4. The Balaban J connectivity index is 1.47. The van der Waals surface area contributed by atoms with E-state index in [2.05, 4.69) is 0 Å². The third-order valence-corrected chi connectivity index (χ3v) is 5.49. The van der Waals surface area contributed by atoms with E-state index in [-0.39, 0.29) is 24.3 Å². The van der Waals surface area contributed by atoms with Crippen LogP contribution in [0.1, 0.15) is 42.2 Å². The first-order valence-corrected chi connectivity index (χ1v) is 10.4. The van der Waals surface area contributed by atoms with E-state index in [0.717, 1.165) is 11.1 Å². The second-order valence-corrected chi connectivity index (χ2v) is 7.64. The Labute approximate surface area is 187 Å². The lowest BCUT2D eigenvalue weighted by Crippen LogP contribution is -2.33. The number of amides is 3. The average molecular weight is 428 g/mol. The third-order valence-electron chi connectivity index (χ3n) is 5.49. The van der Waals surface area contributed by atoms with Crippen molar-refractivity contribution in [3.8, 4) is 0 Å². The van der Waals surface area contributed by atoms with Gasteiger partial charge < -0.3 is 9.64 Å². The van der Waals surface area contributed by atoms with Crippen molar-refractivity contribution in [3.63, 3.8) is 0 Å². The molecule has 4 rings (SSSR count). The Kier molecular flexibility index (Phi) is 6.42. The third kappa shape index (κ3) is 4.45. The zero-order chi connectivity index (χ0) is 22.5. The number of methoxy groups -OCH3 is 1. The molecule has 0 saturated carbocycles. The Morgan fingerprint density at radius 3 is 2.00 bits per heavy atom. The minimum absolute atomic E-state index is 0.0989. The van der Waals surface area contributed by atoms with Crippen molar-refractivity contribution in [2.75, 3.05) is 20.3 Å². The molecule has 0 bridgehead atoms. The van der Waals surface area contributed by atoms with Gasteiger partial charge in [-0.1, -0.05) is 54.6 Å². The maximum Gasteiger partial charge on any atom is 0.261 e. The van der Waals surface area contributed by atoms with Gasteiger partial charge in [0.25, 0.3) is 17.7 Å². The Morgan fingerprint density at radius 1 is 0.812 bits per heavy atom. The van der Waals surface area contributed by atoms with Crippen LogP contribution in [-0.4, -0.2) is 47.8 Å². The summed E-state index contributed by atoms with van der Waals surface area (Å²) in [5, 5.41) is 0. The predicted molar refractivity (Wildman–Crippen MR) is 120 cm³/mol. The van der Waals surface area contributed by atoms with Gasteiger partial charge in [-0.25, -0.2) is 0 Å². The number of fused-ring (bicyclic) bond motifs is 1. The number of hydrogen-bond donors (Lipinski definition) is 0. The van der Waals surface area contributed by atoms with Gasteiger partial charge in [-0.2, -0.15) is 0 Å². The molecule has 0 saturated heterocycles. The van der Waals surface area contributed by atoms with Crippen LogP contribution in [0.15, 0.2) is 78.9 Å². The predicted octanol–water partition coefficient (Wildman–Crippen LogP) is 3.77. The van der Waals surface area contributed by atoms with Crippen molar-refractivity contribution in [1.82, 2.24) is 9.80 Å². The number of ether oxygens (including phenoxy) is 1. The smallest absolute Gasteiger partial charge is 0.261 e. The largest absolute Gasteiger partial charge is 0.383 e. The van der Waals surface area contributed by atoms with Crippen molar-refractivity contribution in [2.45, 2.75) is 13.1 Å². The molecule has 0 atom stereocenters. The first-order chi connectivity index (χ1) is 15.6. The summed E-state index contributed by atoms with van der Waals surface area (Å²) in [5.41, 5.74) is 3.22. The highest BCUT2D eigenvalue weighted by Crippen LogP contribution is 2.24. The Bertz CT molecular complexity index is 1090. The topological polar surface area (TPSA) is 66.9 Å². The van der Waals surface area contributed by atoms with Gasteiger partial charge >= 0.3 is 0 Å². The number of rotatable bonds is 8. The van der Waals surface area contributed by atoms with Crippen molar-refractivity contribution in [1.29, 1.82) is 0 Å². The normalized spacial score (nSPS) is 12.7. The van der Waals surface area contributed by atoms with Gasteiger partial charge in [0.05, 0.1) is 24.3 Å². The monoisotopic (exact) mass is 428 g/mol. The van der Waals surface area contributed by atoms with Crippen LogP contribution in [0.2, 0.25) is 0 Å². The summed E-state index contributed by atoms with van der Waals surface area (Å²) < 4.78 is 5.17. The number of carbonyl (C=O) groups is 3. The second-order valence-electron chi connectivity index (χ2n) is 7.64. The van der Waals surface area contributed by atoms with Gasteiger partial charge in [-0.05, 0) is 35.4 Å². The van der Waals surface area contributed by atoms with Crippen LogP contribution in [0.25, 0.3) is 0 Å². The van der Waals surface area contributed by atoms with Crippen LogP contribution in [-0.2, 0) is 17.8 Å². The van der Waals surface area contributed by atoms with Crippen molar-refractivity contribution < 1.29 is 19.1 Å². The van der Waals surface area contributed by atoms with Gasteiger partial charge in [0, 0.05) is 25.8 Å². The quantitative estimate of drug-likeness (QED) is 0.512. The Morgan fingerprint density at radius 2 is 1.41 bits per heavy atom. The number of carbonyl (C=O) groups excluding carboxylic acids is 3. The van der Waals surface area contributed by atoms with Crippen molar-refractivity contribution >= 4 is 17.7 Å². The zero-order valence-electron chi connectivity index (χ0n) is 17.9. The van der Waals surface area contributed by atoms with E-state index < -0.39 is 0 Å².